The molecule has 6 nitrogen and oxygen atoms in total. The number of furan rings is 1. The van der Waals surface area contributed by atoms with Gasteiger partial charge < -0.3 is 18.3 Å². The Morgan fingerprint density at radius 3 is 2.56 bits per heavy atom. The van der Waals surface area contributed by atoms with E-state index in [9.17, 15) is 8.78 Å². The molecule has 0 aliphatic rings. The van der Waals surface area contributed by atoms with E-state index in [1.165, 1.54) is 25.3 Å². The van der Waals surface area contributed by atoms with Gasteiger partial charge in [-0.05, 0) is 43.7 Å². The van der Waals surface area contributed by atoms with E-state index in [2.05, 4.69) is 14.9 Å². The summed E-state index contributed by atoms with van der Waals surface area (Å²) >= 11 is 6.24. The summed E-state index contributed by atoms with van der Waals surface area (Å²) in [6.45, 7) is 0.614. The second kappa shape index (κ2) is 7.79. The maximum absolute atomic E-state index is 12.5. The minimum absolute atomic E-state index is 0.0806. The summed E-state index contributed by atoms with van der Waals surface area (Å²) in [5.41, 5.74) is 1.17. The number of nitrogens with zero attached hydrogens (tertiary/aromatic N) is 2. The van der Waals surface area contributed by atoms with E-state index in [0.29, 0.717) is 22.6 Å². The summed E-state index contributed by atoms with van der Waals surface area (Å²) in [6, 6.07) is 6.26. The molecule has 2 aromatic heterocycles. The summed E-state index contributed by atoms with van der Waals surface area (Å²) in [5.74, 6) is 1.77. The third-order valence-corrected chi connectivity index (χ3v) is 3.87. The van der Waals surface area contributed by atoms with Gasteiger partial charge in [0, 0.05) is 0 Å². The maximum Gasteiger partial charge on any atom is 0.387 e. The van der Waals surface area contributed by atoms with Crippen molar-refractivity contribution in [3.8, 4) is 23.0 Å². The van der Waals surface area contributed by atoms with Crippen molar-refractivity contribution in [1.29, 1.82) is 0 Å². The van der Waals surface area contributed by atoms with Crippen LogP contribution in [0, 0.1) is 13.8 Å². The van der Waals surface area contributed by atoms with Gasteiger partial charge in [0.2, 0.25) is 0 Å². The van der Waals surface area contributed by atoms with Crippen molar-refractivity contribution in [2.24, 2.45) is 0 Å². The number of ether oxygens (including phenoxy) is 2. The fourth-order valence-electron chi connectivity index (χ4n) is 2.45. The first kappa shape index (κ1) is 18.9. The van der Waals surface area contributed by atoms with Gasteiger partial charge in [0.05, 0.1) is 12.7 Å². The molecule has 0 fully saturated rings. The molecule has 0 spiro atoms. The van der Waals surface area contributed by atoms with Gasteiger partial charge in [-0.15, -0.1) is 10.2 Å². The highest BCUT2D eigenvalue weighted by Crippen LogP contribution is 2.32. The standard InChI is InChI=1S/C18H15ClF2N2O4/c1-9-6-12(10(2)25-9)16-22-23-17(27-16)13(19)7-11-4-5-14(24-3)15(8-11)26-18(20)21/h4-8,18H,1-3H3/b13-7-. The van der Waals surface area contributed by atoms with Crippen LogP contribution in [-0.2, 0) is 0 Å². The zero-order valence-corrected chi connectivity index (χ0v) is 15.4. The molecule has 1 aromatic carbocycles. The Morgan fingerprint density at radius 1 is 1.15 bits per heavy atom. The first-order chi connectivity index (χ1) is 12.9. The van der Waals surface area contributed by atoms with Crippen LogP contribution >= 0.6 is 11.6 Å². The number of hydrogen-bond donors (Lipinski definition) is 0. The highest BCUT2D eigenvalue weighted by Gasteiger charge is 2.17. The van der Waals surface area contributed by atoms with Crippen molar-refractivity contribution in [3.63, 3.8) is 0 Å². The van der Waals surface area contributed by atoms with Crippen LogP contribution in [-0.4, -0.2) is 23.9 Å². The Morgan fingerprint density at radius 2 is 1.93 bits per heavy atom. The van der Waals surface area contributed by atoms with Crippen LogP contribution in [0.5, 0.6) is 11.5 Å². The predicted octanol–water partition coefficient (Wildman–Crippen LogP) is 5.29. The van der Waals surface area contributed by atoms with Gasteiger partial charge in [-0.1, -0.05) is 17.7 Å². The van der Waals surface area contributed by atoms with E-state index in [1.54, 1.807) is 19.1 Å². The number of hydrogen-bond acceptors (Lipinski definition) is 6. The number of aryl methyl sites for hydroxylation is 2. The average Bonchev–Trinajstić information content (AvgIpc) is 3.21. The molecule has 3 aromatic rings. The molecule has 0 aliphatic heterocycles. The first-order valence-electron chi connectivity index (χ1n) is 7.78. The molecule has 9 heteroatoms. The number of benzene rings is 1. The van der Waals surface area contributed by atoms with Gasteiger partial charge in [-0.2, -0.15) is 8.78 Å². The average molecular weight is 397 g/mol. The van der Waals surface area contributed by atoms with Crippen molar-refractivity contribution < 1.29 is 27.1 Å². The summed E-state index contributed by atoms with van der Waals surface area (Å²) in [6.07, 6.45) is 1.49. The Bertz CT molecular complexity index is 982. The van der Waals surface area contributed by atoms with Gasteiger partial charge in [0.25, 0.3) is 11.8 Å². The van der Waals surface area contributed by atoms with Crippen molar-refractivity contribution in [2.45, 2.75) is 20.5 Å². The Labute approximate surface area is 158 Å². The van der Waals surface area contributed by atoms with E-state index in [4.69, 9.17) is 25.2 Å². The first-order valence-corrected chi connectivity index (χ1v) is 8.16. The number of alkyl halides is 2. The van der Waals surface area contributed by atoms with Crippen LogP contribution in [0.15, 0.2) is 33.1 Å². The molecule has 0 saturated heterocycles. The Balaban J connectivity index is 1.89. The minimum Gasteiger partial charge on any atom is -0.493 e. The molecular weight excluding hydrogens is 382 g/mol. The van der Waals surface area contributed by atoms with Crippen LogP contribution in [0.3, 0.4) is 0 Å². The van der Waals surface area contributed by atoms with E-state index >= 15 is 0 Å². The second-order valence-corrected chi connectivity index (χ2v) is 5.93. The van der Waals surface area contributed by atoms with Gasteiger partial charge in [0.15, 0.2) is 11.5 Å². The minimum atomic E-state index is -2.98. The second-order valence-electron chi connectivity index (χ2n) is 5.52. The molecule has 142 valence electrons. The SMILES string of the molecule is COc1ccc(/C=C(\Cl)c2nnc(-c3cc(C)oc3C)o2)cc1OC(F)F. The summed E-state index contributed by atoms with van der Waals surface area (Å²) in [7, 11) is 1.36. The fraction of sp³-hybridized carbons (Fsp3) is 0.222. The van der Waals surface area contributed by atoms with Crippen molar-refractivity contribution in [2.75, 3.05) is 7.11 Å². The molecule has 0 saturated carbocycles. The number of methoxy groups -OCH3 is 1. The summed E-state index contributed by atoms with van der Waals surface area (Å²) < 4.78 is 45.5. The third-order valence-electron chi connectivity index (χ3n) is 3.60. The summed E-state index contributed by atoms with van der Waals surface area (Å²) in [5, 5.41) is 8.01. The Hall–Kier alpha value is -2.87. The topological polar surface area (TPSA) is 70.5 Å². The zero-order chi connectivity index (χ0) is 19.6. The zero-order valence-electron chi connectivity index (χ0n) is 14.6. The smallest absolute Gasteiger partial charge is 0.387 e. The number of rotatable bonds is 6. The molecule has 0 unspecified atom stereocenters. The van der Waals surface area contributed by atoms with Crippen LogP contribution in [0.25, 0.3) is 22.6 Å². The lowest BCUT2D eigenvalue weighted by molar-refractivity contribution is -0.0512. The van der Waals surface area contributed by atoms with Crippen molar-refractivity contribution in [1.82, 2.24) is 10.2 Å². The van der Waals surface area contributed by atoms with Crippen LogP contribution in [0.2, 0.25) is 0 Å². The van der Waals surface area contributed by atoms with Gasteiger partial charge in [-0.25, -0.2) is 0 Å². The third kappa shape index (κ3) is 4.28. The fourth-order valence-corrected chi connectivity index (χ4v) is 2.65. The van der Waals surface area contributed by atoms with Crippen LogP contribution in [0.4, 0.5) is 8.78 Å². The van der Waals surface area contributed by atoms with Crippen molar-refractivity contribution >= 4 is 22.7 Å². The number of aromatic nitrogens is 2. The molecule has 2 heterocycles. The van der Waals surface area contributed by atoms with Gasteiger partial charge in [0.1, 0.15) is 16.6 Å². The predicted molar refractivity (Wildman–Crippen MR) is 94.8 cm³/mol. The monoisotopic (exact) mass is 396 g/mol. The molecule has 3 rings (SSSR count). The molecule has 0 radical (unpaired) electrons. The highest BCUT2D eigenvalue weighted by atomic mass is 35.5. The molecule has 0 N–H and O–H groups in total. The van der Waals surface area contributed by atoms with Gasteiger partial charge >= 0.3 is 6.61 Å². The van der Waals surface area contributed by atoms with Crippen LogP contribution in [0.1, 0.15) is 23.0 Å². The van der Waals surface area contributed by atoms with E-state index in [-0.39, 0.29) is 28.3 Å². The normalized spacial score (nSPS) is 11.9. The largest absolute Gasteiger partial charge is 0.493 e. The summed E-state index contributed by atoms with van der Waals surface area (Å²) in [4.78, 5) is 0. The molecular formula is C18H15ClF2N2O4. The quantitative estimate of drug-likeness (QED) is 0.563. The lowest BCUT2D eigenvalue weighted by atomic mass is 10.2. The van der Waals surface area contributed by atoms with Crippen molar-refractivity contribution in [3.05, 3.63) is 47.2 Å². The van der Waals surface area contributed by atoms with Gasteiger partial charge in [-0.3, -0.25) is 0 Å². The number of halogens is 3. The molecule has 0 atom stereocenters. The lowest BCUT2D eigenvalue weighted by Crippen LogP contribution is -2.03. The van der Waals surface area contributed by atoms with Crippen LogP contribution < -0.4 is 9.47 Å². The highest BCUT2D eigenvalue weighted by molar-refractivity contribution is 6.50. The molecule has 0 aliphatic carbocycles. The molecule has 0 amide bonds. The Kier molecular flexibility index (Phi) is 5.46. The molecule has 0 bridgehead atoms. The van der Waals surface area contributed by atoms with E-state index < -0.39 is 6.61 Å². The van der Waals surface area contributed by atoms with E-state index in [1.807, 2.05) is 6.92 Å². The lowest BCUT2D eigenvalue weighted by Gasteiger charge is -2.10. The molecule has 27 heavy (non-hydrogen) atoms. The van der Waals surface area contributed by atoms with E-state index in [0.717, 1.165) is 0 Å². The maximum atomic E-state index is 12.5.